The van der Waals surface area contributed by atoms with Gasteiger partial charge in [-0.2, -0.15) is 0 Å². The Bertz CT molecular complexity index is 549. The van der Waals surface area contributed by atoms with Crippen LogP contribution in [0.15, 0.2) is 18.2 Å². The van der Waals surface area contributed by atoms with E-state index in [1.807, 2.05) is 6.07 Å². The first-order valence-electron chi connectivity index (χ1n) is 8.98. The molecule has 1 aromatic rings. The van der Waals surface area contributed by atoms with Gasteiger partial charge in [0.15, 0.2) is 5.75 Å². The molecule has 6 heteroatoms. The van der Waals surface area contributed by atoms with Crippen LogP contribution in [0.25, 0.3) is 0 Å². The fourth-order valence-electron chi connectivity index (χ4n) is 4.22. The molecule has 1 saturated heterocycles. The number of piperazine rings is 1. The molecule has 24 heavy (non-hydrogen) atoms. The maximum absolute atomic E-state index is 11.4. The Labute approximate surface area is 143 Å². The molecule has 6 nitrogen and oxygen atoms in total. The second kappa shape index (κ2) is 7.94. The van der Waals surface area contributed by atoms with E-state index in [0.717, 1.165) is 31.7 Å². The zero-order valence-corrected chi connectivity index (χ0v) is 14.4. The number of hydrogen-bond donors (Lipinski definition) is 1. The molecule has 132 valence electrons. The number of methoxy groups -OCH3 is 1. The second-order valence-electron chi connectivity index (χ2n) is 6.82. The SMILES string of the molecule is COc1ccc([C@H](C2CCCCC2)N2CCNCC2)cc1[N+](=O)[O-]. The van der Waals surface area contributed by atoms with Crippen LogP contribution in [0.5, 0.6) is 5.75 Å². The van der Waals surface area contributed by atoms with E-state index in [0.29, 0.717) is 11.7 Å². The fourth-order valence-corrected chi connectivity index (χ4v) is 4.22. The zero-order chi connectivity index (χ0) is 16.9. The van der Waals surface area contributed by atoms with Crippen molar-refractivity contribution in [3.05, 3.63) is 33.9 Å². The predicted molar refractivity (Wildman–Crippen MR) is 93.4 cm³/mol. The van der Waals surface area contributed by atoms with E-state index >= 15 is 0 Å². The van der Waals surface area contributed by atoms with Crippen molar-refractivity contribution in [2.24, 2.45) is 5.92 Å². The molecular formula is C18H27N3O3. The molecule has 1 saturated carbocycles. The first-order valence-corrected chi connectivity index (χ1v) is 8.98. The lowest BCUT2D eigenvalue weighted by Crippen LogP contribution is -2.47. The van der Waals surface area contributed by atoms with Gasteiger partial charge < -0.3 is 10.1 Å². The van der Waals surface area contributed by atoms with Gasteiger partial charge in [0, 0.05) is 38.3 Å². The summed E-state index contributed by atoms with van der Waals surface area (Å²) < 4.78 is 5.17. The van der Waals surface area contributed by atoms with E-state index in [9.17, 15) is 10.1 Å². The third kappa shape index (κ3) is 3.70. The summed E-state index contributed by atoms with van der Waals surface area (Å²) in [5, 5.41) is 14.8. The van der Waals surface area contributed by atoms with Gasteiger partial charge in [-0.15, -0.1) is 0 Å². The highest BCUT2D eigenvalue weighted by molar-refractivity contribution is 5.49. The number of ether oxygens (including phenoxy) is 1. The van der Waals surface area contributed by atoms with Gasteiger partial charge in [0.25, 0.3) is 0 Å². The van der Waals surface area contributed by atoms with Gasteiger partial charge in [-0.05, 0) is 30.4 Å². The Morgan fingerprint density at radius 2 is 1.96 bits per heavy atom. The molecule has 1 aliphatic carbocycles. The highest BCUT2D eigenvalue weighted by atomic mass is 16.6. The first-order chi connectivity index (χ1) is 11.7. The van der Waals surface area contributed by atoms with Crippen LogP contribution in [-0.2, 0) is 0 Å². The molecule has 3 rings (SSSR count). The van der Waals surface area contributed by atoms with Gasteiger partial charge >= 0.3 is 5.69 Å². The number of rotatable bonds is 5. The molecule has 0 spiro atoms. The van der Waals surface area contributed by atoms with Gasteiger partial charge in [0.05, 0.1) is 12.0 Å². The average Bonchev–Trinajstić information content (AvgIpc) is 2.63. The Morgan fingerprint density at radius 3 is 2.58 bits per heavy atom. The summed E-state index contributed by atoms with van der Waals surface area (Å²) in [6.45, 7) is 3.98. The quantitative estimate of drug-likeness (QED) is 0.662. The van der Waals surface area contributed by atoms with E-state index in [1.54, 1.807) is 12.1 Å². The molecule has 1 heterocycles. The molecule has 0 amide bonds. The summed E-state index contributed by atoms with van der Waals surface area (Å²) in [4.78, 5) is 13.6. The summed E-state index contributed by atoms with van der Waals surface area (Å²) in [6.07, 6.45) is 6.29. The van der Waals surface area contributed by atoms with Crippen LogP contribution in [0.3, 0.4) is 0 Å². The third-order valence-corrected chi connectivity index (χ3v) is 5.38. The van der Waals surface area contributed by atoms with Crippen molar-refractivity contribution in [1.29, 1.82) is 0 Å². The van der Waals surface area contributed by atoms with Crippen molar-refractivity contribution in [3.63, 3.8) is 0 Å². The summed E-state index contributed by atoms with van der Waals surface area (Å²) in [5.74, 6) is 0.927. The molecule has 0 aromatic heterocycles. The van der Waals surface area contributed by atoms with Crippen LogP contribution < -0.4 is 10.1 Å². The number of nitrogens with one attached hydrogen (secondary N) is 1. The largest absolute Gasteiger partial charge is 0.490 e. The maximum atomic E-state index is 11.4. The van der Waals surface area contributed by atoms with Crippen molar-refractivity contribution in [2.45, 2.75) is 38.1 Å². The third-order valence-electron chi connectivity index (χ3n) is 5.38. The van der Waals surface area contributed by atoms with E-state index in [2.05, 4.69) is 10.2 Å². The van der Waals surface area contributed by atoms with Crippen LogP contribution in [0.2, 0.25) is 0 Å². The van der Waals surface area contributed by atoms with Crippen molar-refractivity contribution in [3.8, 4) is 5.75 Å². The zero-order valence-electron chi connectivity index (χ0n) is 14.4. The number of nitro groups is 1. The van der Waals surface area contributed by atoms with Crippen LogP contribution in [0.4, 0.5) is 5.69 Å². The number of benzene rings is 1. The summed E-state index contributed by atoms with van der Waals surface area (Å²) in [5.41, 5.74) is 1.14. The van der Waals surface area contributed by atoms with Crippen molar-refractivity contribution in [1.82, 2.24) is 10.2 Å². The maximum Gasteiger partial charge on any atom is 0.311 e. The number of hydrogen-bond acceptors (Lipinski definition) is 5. The Kier molecular flexibility index (Phi) is 5.68. The second-order valence-corrected chi connectivity index (χ2v) is 6.82. The Hall–Kier alpha value is -1.66. The van der Waals surface area contributed by atoms with Crippen molar-refractivity contribution < 1.29 is 9.66 Å². The molecule has 2 aliphatic rings. The number of nitrogens with zero attached hydrogens (tertiary/aromatic N) is 2. The van der Waals surface area contributed by atoms with Gasteiger partial charge in [-0.1, -0.05) is 25.3 Å². The van der Waals surface area contributed by atoms with Crippen molar-refractivity contribution in [2.75, 3.05) is 33.3 Å². The van der Waals surface area contributed by atoms with E-state index in [4.69, 9.17) is 4.74 Å². The minimum atomic E-state index is -0.335. The summed E-state index contributed by atoms with van der Waals surface area (Å²) in [6, 6.07) is 5.79. The van der Waals surface area contributed by atoms with Gasteiger partial charge in [-0.25, -0.2) is 0 Å². The van der Waals surface area contributed by atoms with Crippen molar-refractivity contribution >= 4 is 5.69 Å². The normalized spacial score (nSPS) is 21.4. The van der Waals surface area contributed by atoms with Crippen LogP contribution >= 0.6 is 0 Å². The smallest absolute Gasteiger partial charge is 0.311 e. The Morgan fingerprint density at radius 1 is 1.25 bits per heavy atom. The predicted octanol–water partition coefficient (Wildman–Crippen LogP) is 3.13. The van der Waals surface area contributed by atoms with Gasteiger partial charge in [0.2, 0.25) is 0 Å². The van der Waals surface area contributed by atoms with E-state index in [1.165, 1.54) is 39.2 Å². The standard InChI is InChI=1S/C18H27N3O3/c1-24-17-8-7-15(13-16(17)21(22)23)18(14-5-3-2-4-6-14)20-11-9-19-10-12-20/h7-8,13-14,18-19H,2-6,9-12H2,1H3/t18-/m0/s1. The first kappa shape index (κ1) is 17.2. The lowest BCUT2D eigenvalue weighted by molar-refractivity contribution is -0.385. The molecule has 1 aliphatic heterocycles. The van der Waals surface area contributed by atoms with Crippen LogP contribution in [-0.4, -0.2) is 43.1 Å². The fraction of sp³-hybridized carbons (Fsp3) is 0.667. The highest BCUT2D eigenvalue weighted by Gasteiger charge is 2.32. The van der Waals surface area contributed by atoms with E-state index < -0.39 is 0 Å². The Balaban J connectivity index is 1.94. The molecule has 0 unspecified atom stereocenters. The number of nitro benzene ring substituents is 1. The average molecular weight is 333 g/mol. The lowest BCUT2D eigenvalue weighted by atomic mass is 9.80. The van der Waals surface area contributed by atoms with E-state index in [-0.39, 0.29) is 16.7 Å². The molecule has 0 bridgehead atoms. The van der Waals surface area contributed by atoms with Crippen LogP contribution in [0, 0.1) is 16.0 Å². The summed E-state index contributed by atoms with van der Waals surface area (Å²) >= 11 is 0. The molecule has 2 fully saturated rings. The van der Waals surface area contributed by atoms with Crippen LogP contribution in [0.1, 0.15) is 43.7 Å². The lowest BCUT2D eigenvalue weighted by Gasteiger charge is -2.41. The minimum Gasteiger partial charge on any atom is -0.490 e. The molecule has 0 radical (unpaired) electrons. The van der Waals surface area contributed by atoms with Gasteiger partial charge in [-0.3, -0.25) is 15.0 Å². The monoisotopic (exact) mass is 333 g/mol. The molecule has 1 N–H and O–H groups in total. The molecule has 1 atom stereocenters. The summed E-state index contributed by atoms with van der Waals surface area (Å²) in [7, 11) is 1.48. The molecule has 1 aromatic carbocycles. The topological polar surface area (TPSA) is 67.6 Å². The molecular weight excluding hydrogens is 306 g/mol. The van der Waals surface area contributed by atoms with Gasteiger partial charge in [0.1, 0.15) is 0 Å². The minimum absolute atomic E-state index is 0.0749. The highest BCUT2D eigenvalue weighted by Crippen LogP contribution is 2.40.